The topological polar surface area (TPSA) is 198 Å². The number of aromatic amines is 4. The Kier molecular flexibility index (Phi) is 17.5. The molecule has 8 aromatic rings. The number of amides is 2. The first-order valence-corrected chi connectivity index (χ1v) is 31.1. The van der Waals surface area contributed by atoms with Gasteiger partial charge in [-0.05, 0) is 212 Å². The molecule has 16 rings (SSSR count). The number of benzene rings is 4. The molecule has 0 unspecified atom stereocenters. The maximum absolute atomic E-state index is 13.1. The number of hydrogen-bond donors (Lipinski definition) is 6. The summed E-state index contributed by atoms with van der Waals surface area (Å²) in [5, 5.41) is 7.30. The summed E-state index contributed by atoms with van der Waals surface area (Å²) in [6.45, 7) is 15.1. The molecule has 8 heterocycles. The monoisotopic (exact) mass is 1280 g/mol. The van der Waals surface area contributed by atoms with Crippen LogP contribution in [0, 0.1) is 45.3 Å². The fraction of sp³-hybridized carbons (Fsp3) is 0.457. The number of carbonyl (C=O) groups is 2. The minimum atomic E-state index is -0.549. The van der Waals surface area contributed by atoms with Crippen LogP contribution in [0.2, 0.25) is 0 Å². The number of likely N-dealkylation sites (tertiary alicyclic amines) is 2. The van der Waals surface area contributed by atoms with Gasteiger partial charge in [-0.1, -0.05) is 47.9 Å². The Morgan fingerprint density at radius 3 is 1.28 bits per heavy atom. The van der Waals surface area contributed by atoms with Gasteiger partial charge in [0.2, 0.25) is 0 Å². The molecule has 0 bridgehead atoms. The van der Waals surface area contributed by atoms with Crippen molar-refractivity contribution >= 4 is 88.2 Å². The highest BCUT2D eigenvalue weighted by Crippen LogP contribution is 2.60. The van der Waals surface area contributed by atoms with E-state index in [0.717, 1.165) is 148 Å². The highest BCUT2D eigenvalue weighted by Gasteiger charge is 2.57. The molecule has 90 heavy (non-hydrogen) atoms. The molecule has 4 spiro atoms. The van der Waals surface area contributed by atoms with Crippen molar-refractivity contribution in [3.63, 3.8) is 0 Å². The Hall–Kier alpha value is -6.78. The van der Waals surface area contributed by atoms with Crippen molar-refractivity contribution in [2.45, 2.75) is 154 Å². The lowest BCUT2D eigenvalue weighted by molar-refractivity contribution is 0.0202. The molecule has 4 saturated heterocycles. The van der Waals surface area contributed by atoms with Crippen molar-refractivity contribution < 1.29 is 19.1 Å². The predicted molar refractivity (Wildman–Crippen MR) is 372 cm³/mol. The van der Waals surface area contributed by atoms with Crippen molar-refractivity contribution in [2.75, 3.05) is 26.2 Å². The molecule has 4 aromatic heterocycles. The van der Waals surface area contributed by atoms with Crippen LogP contribution in [0.3, 0.4) is 0 Å². The van der Waals surface area contributed by atoms with Crippen LogP contribution in [0.15, 0.2) is 97.3 Å². The zero-order valence-electron chi connectivity index (χ0n) is 52.2. The highest BCUT2D eigenvalue weighted by atomic mass is 32.1. The van der Waals surface area contributed by atoms with Gasteiger partial charge in [0, 0.05) is 48.4 Å². The van der Waals surface area contributed by atoms with Gasteiger partial charge in [0.15, 0.2) is 0 Å². The number of nitrogens with one attached hydrogen (secondary N) is 6. The summed E-state index contributed by atoms with van der Waals surface area (Å²) in [6, 6.07) is 29.2. The third-order valence-electron chi connectivity index (χ3n) is 19.4. The lowest BCUT2D eigenvalue weighted by Gasteiger charge is -2.27. The molecule has 0 radical (unpaired) electrons. The first-order chi connectivity index (χ1) is 41.3. The number of aromatic nitrogens is 8. The highest BCUT2D eigenvalue weighted by molar-refractivity contribution is 7.59. The molecule has 2 amide bonds. The normalized spacial score (nSPS) is 22.1. The third kappa shape index (κ3) is 13.7. The van der Waals surface area contributed by atoms with Gasteiger partial charge in [0.05, 0.1) is 70.0 Å². The second-order valence-corrected chi connectivity index (χ2v) is 28.7. The molecule has 4 aliphatic heterocycles. The lowest BCUT2D eigenvalue weighted by Crippen LogP contribution is -2.37. The second-order valence-electron chi connectivity index (χ2n) is 28.7. The van der Waals surface area contributed by atoms with Gasteiger partial charge < -0.3 is 40.0 Å². The maximum Gasteiger partial charge on any atom is 0.410 e. The zero-order chi connectivity index (χ0) is 58.8. The Bertz CT molecular complexity index is 4100. The third-order valence-corrected chi connectivity index (χ3v) is 19.4. The number of rotatable bonds is 6. The van der Waals surface area contributed by atoms with Gasteiger partial charge in [-0.15, -0.1) is 0 Å². The molecule has 8 aliphatic rings. The maximum atomic E-state index is 13.1. The van der Waals surface area contributed by atoms with Crippen molar-refractivity contribution in [2.24, 2.45) is 21.7 Å². The average Bonchev–Trinajstić information content (AvgIpc) is 1.61. The Morgan fingerprint density at radius 2 is 0.844 bits per heavy atom. The van der Waals surface area contributed by atoms with E-state index in [1.165, 1.54) is 38.5 Å². The smallest absolute Gasteiger partial charge is 0.410 e. The molecule has 4 atom stereocenters. The fourth-order valence-electron chi connectivity index (χ4n) is 13.6. The van der Waals surface area contributed by atoms with E-state index < -0.39 is 11.2 Å². The minimum absolute atomic E-state index is 0. The van der Waals surface area contributed by atoms with E-state index in [4.69, 9.17) is 24.4 Å². The summed E-state index contributed by atoms with van der Waals surface area (Å²) in [7, 11) is 0. The van der Waals surface area contributed by atoms with Crippen LogP contribution in [0.25, 0.3) is 44.6 Å². The predicted octanol–water partition coefficient (Wildman–Crippen LogP) is 13.7. The van der Waals surface area contributed by atoms with E-state index in [-0.39, 0.29) is 89.1 Å². The van der Waals surface area contributed by atoms with Gasteiger partial charge >= 0.3 is 12.2 Å². The van der Waals surface area contributed by atoms with Crippen molar-refractivity contribution in [3.8, 4) is 46.2 Å². The standard InChI is InChI=1S/C40H46N6O4.C30H30N6.4H2S/c1-37(2,3)49-35(47)45-23-39(15-16-39)20-31(45)33-41-22-30(44-33)27-12-9-25(10-13-27)7-8-26-11-14-28-29(19-26)43-34(42-28)32-21-40(17-18-40)24-46(32)36(48)50-38(4,5)6;1(2-20-5-8-22-23(13-20)35-28(34-22)25-15-30(11-12-30)18-33-25)19-3-6-21(7-4-19)26-16-31-27(36-26)24-14-29(9-10-29)17-32-24;;;;/h9-14,19,22,31-32H,15-18,20-21,23-24H2,1-6H3,(H,41,44)(H,42,43);3-8,13,16,24-25,32-33H,9-12,14-15,17-18H2,(H,31,36)(H,34,35);4*1H2/t31-,32-;24-,25-;;;;/m00..../s1. The van der Waals surface area contributed by atoms with Crippen molar-refractivity contribution in [1.29, 1.82) is 0 Å². The van der Waals surface area contributed by atoms with E-state index in [0.29, 0.717) is 29.5 Å². The van der Waals surface area contributed by atoms with E-state index in [2.05, 4.69) is 102 Å². The molecular weight excluding hydrogens is 1200 g/mol. The van der Waals surface area contributed by atoms with Crippen LogP contribution in [0.1, 0.15) is 188 Å². The summed E-state index contributed by atoms with van der Waals surface area (Å²) in [5.74, 6) is 17.0. The number of fused-ring (bicyclic) bond motifs is 2. The SMILES string of the molecule is C(#Cc1ccc2nc([C@@H]3CC4(CC4)CN3)[nH]c2c1)c1ccc(-c2cnc([C@@H]3CC4(CC4)CN3)[nH]2)cc1.CC(C)(C)OC(=O)N1CC2(CC2)C[C@H]1c1ncc(-c2ccc(C#Cc3ccc4nc([C@@H]5CC6(CC6)CN5C(=O)OC(C)(C)C)[nH]c4c3)cc2)[nH]1.S.S.S.S. The molecule has 8 fully saturated rings. The number of hydrogen-bond acceptors (Lipinski definition) is 10. The summed E-state index contributed by atoms with van der Waals surface area (Å²) in [4.78, 5) is 63.1. The minimum Gasteiger partial charge on any atom is -0.444 e. The van der Waals surface area contributed by atoms with E-state index >= 15 is 0 Å². The zero-order valence-corrected chi connectivity index (χ0v) is 56.2. The van der Waals surface area contributed by atoms with Gasteiger partial charge in [0.25, 0.3) is 0 Å². The summed E-state index contributed by atoms with van der Waals surface area (Å²) in [6.07, 6.45) is 17.5. The molecule has 6 N–H and O–H groups in total. The first kappa shape index (κ1) is 64.7. The second kappa shape index (κ2) is 24.4. The van der Waals surface area contributed by atoms with Crippen LogP contribution in [-0.2, 0) is 9.47 Å². The molecule has 4 aliphatic carbocycles. The van der Waals surface area contributed by atoms with Crippen molar-refractivity contribution in [3.05, 3.63) is 143 Å². The van der Waals surface area contributed by atoms with E-state index in [1.54, 1.807) is 0 Å². The van der Waals surface area contributed by atoms with Gasteiger partial charge in [-0.3, -0.25) is 9.80 Å². The summed E-state index contributed by atoms with van der Waals surface area (Å²) >= 11 is 0. The molecular formula is C70H84N12O4S4. The quantitative estimate of drug-likeness (QED) is 0.0871. The number of imidazole rings is 4. The van der Waals surface area contributed by atoms with Gasteiger partial charge in [-0.2, -0.15) is 54.0 Å². The number of carbonyl (C=O) groups excluding carboxylic acids is 2. The van der Waals surface area contributed by atoms with Gasteiger partial charge in [-0.25, -0.2) is 29.5 Å². The van der Waals surface area contributed by atoms with Crippen molar-refractivity contribution in [1.82, 2.24) is 60.3 Å². The first-order valence-electron chi connectivity index (χ1n) is 31.1. The van der Waals surface area contributed by atoms with Gasteiger partial charge in [0.1, 0.15) is 34.5 Å². The molecule has 4 saturated carbocycles. The Morgan fingerprint density at radius 1 is 0.467 bits per heavy atom. The number of ether oxygens (including phenoxy) is 2. The van der Waals surface area contributed by atoms with E-state index in [1.807, 2.05) is 106 Å². The molecule has 472 valence electrons. The van der Waals surface area contributed by atoms with Crippen LogP contribution >= 0.6 is 54.0 Å². The van der Waals surface area contributed by atoms with Crippen LogP contribution in [0.5, 0.6) is 0 Å². The molecule has 4 aromatic carbocycles. The molecule has 20 heteroatoms. The van der Waals surface area contributed by atoms with E-state index in [9.17, 15) is 9.59 Å². The average molecular weight is 1290 g/mol. The number of H-pyrrole nitrogens is 4. The van der Waals surface area contributed by atoms with Crippen LogP contribution < -0.4 is 10.6 Å². The lowest BCUT2D eigenvalue weighted by atomic mass is 10.0. The fourth-order valence-corrected chi connectivity index (χ4v) is 13.6. The largest absolute Gasteiger partial charge is 0.444 e. The van der Waals surface area contributed by atoms with Crippen LogP contribution in [-0.4, -0.2) is 99.2 Å². The number of nitrogens with zero attached hydrogens (tertiary/aromatic N) is 6. The Balaban J connectivity index is 0.000000185. The Labute approximate surface area is 555 Å². The molecule has 16 nitrogen and oxygen atoms in total. The summed E-state index contributed by atoms with van der Waals surface area (Å²) in [5.41, 5.74) is 12.1. The van der Waals surface area contributed by atoms with Crippen LogP contribution in [0.4, 0.5) is 9.59 Å². The summed E-state index contributed by atoms with van der Waals surface area (Å²) < 4.78 is 11.5.